The maximum atomic E-state index is 12.2. The molecule has 4 rings (SSSR count). The summed E-state index contributed by atoms with van der Waals surface area (Å²) in [6.07, 6.45) is 4.36. The number of hydrogen-bond acceptors (Lipinski definition) is 4. The molecule has 0 saturated heterocycles. The highest BCUT2D eigenvalue weighted by molar-refractivity contribution is 7.92. The van der Waals surface area contributed by atoms with Gasteiger partial charge in [-0.1, -0.05) is 13.0 Å². The second kappa shape index (κ2) is 7.51. The van der Waals surface area contributed by atoms with E-state index in [4.69, 9.17) is 0 Å². The van der Waals surface area contributed by atoms with Crippen molar-refractivity contribution in [3.8, 4) is 11.1 Å². The molecule has 0 spiro atoms. The number of rotatable bonds is 7. The van der Waals surface area contributed by atoms with E-state index in [2.05, 4.69) is 20.0 Å². The quantitative estimate of drug-likeness (QED) is 0.547. The van der Waals surface area contributed by atoms with Crippen molar-refractivity contribution in [2.75, 3.05) is 15.8 Å². The standard InChI is InChI=1S/C21H24N4O3S/c1-3-13-11-15(7-8-18(13)25-29(27,28)4-2)17-12-19(24-21(26)14-5-6-14)23-20-16(17)9-10-22-20/h7-12,14,25H,3-6H2,1-2H3,(H2,22,23,24,26). The number of nitrogens with zero attached hydrogens (tertiary/aromatic N) is 1. The van der Waals surface area contributed by atoms with Gasteiger partial charge in [0.2, 0.25) is 15.9 Å². The molecule has 7 nitrogen and oxygen atoms in total. The van der Waals surface area contributed by atoms with Gasteiger partial charge in [-0.2, -0.15) is 0 Å². The van der Waals surface area contributed by atoms with E-state index in [-0.39, 0.29) is 17.6 Å². The Morgan fingerprint density at radius 1 is 1.21 bits per heavy atom. The number of fused-ring (bicyclic) bond motifs is 1. The van der Waals surface area contributed by atoms with Crippen molar-refractivity contribution in [3.05, 3.63) is 42.1 Å². The number of sulfonamides is 1. The van der Waals surface area contributed by atoms with Gasteiger partial charge >= 0.3 is 0 Å². The maximum absolute atomic E-state index is 12.2. The molecule has 1 amide bonds. The number of aromatic nitrogens is 2. The Kier molecular flexibility index (Phi) is 5.04. The fourth-order valence-electron chi connectivity index (χ4n) is 3.31. The van der Waals surface area contributed by atoms with Crippen LogP contribution in [-0.4, -0.2) is 30.0 Å². The van der Waals surface area contributed by atoms with Gasteiger partial charge in [0, 0.05) is 17.5 Å². The zero-order chi connectivity index (χ0) is 20.6. The summed E-state index contributed by atoms with van der Waals surface area (Å²) >= 11 is 0. The van der Waals surface area contributed by atoms with Gasteiger partial charge in [-0.3, -0.25) is 9.52 Å². The molecule has 0 unspecified atom stereocenters. The molecule has 0 atom stereocenters. The summed E-state index contributed by atoms with van der Waals surface area (Å²) < 4.78 is 26.6. The van der Waals surface area contributed by atoms with Gasteiger partial charge in [0.25, 0.3) is 0 Å². The van der Waals surface area contributed by atoms with Crippen molar-refractivity contribution in [1.82, 2.24) is 9.97 Å². The number of amides is 1. The number of aryl methyl sites for hydroxylation is 1. The molecule has 3 N–H and O–H groups in total. The van der Waals surface area contributed by atoms with Crippen LogP contribution in [-0.2, 0) is 21.2 Å². The molecule has 1 saturated carbocycles. The van der Waals surface area contributed by atoms with Crippen LogP contribution in [0, 0.1) is 5.92 Å². The maximum Gasteiger partial charge on any atom is 0.232 e. The van der Waals surface area contributed by atoms with Gasteiger partial charge in [-0.05, 0) is 67.1 Å². The lowest BCUT2D eigenvalue weighted by Gasteiger charge is -2.14. The summed E-state index contributed by atoms with van der Waals surface area (Å²) in [5.74, 6) is 0.641. The van der Waals surface area contributed by atoms with Crippen molar-refractivity contribution >= 4 is 38.5 Å². The molecule has 3 aromatic rings. The van der Waals surface area contributed by atoms with Crippen LogP contribution in [0.2, 0.25) is 0 Å². The third-order valence-corrected chi connectivity index (χ3v) is 6.46. The molecule has 152 valence electrons. The Labute approximate surface area is 170 Å². The first-order valence-electron chi connectivity index (χ1n) is 9.83. The van der Waals surface area contributed by atoms with E-state index >= 15 is 0 Å². The molecule has 1 aliphatic rings. The molecule has 2 heterocycles. The van der Waals surface area contributed by atoms with Gasteiger partial charge in [-0.25, -0.2) is 13.4 Å². The van der Waals surface area contributed by atoms with Gasteiger partial charge < -0.3 is 10.3 Å². The number of pyridine rings is 1. The predicted octanol–water partition coefficient (Wildman–Crippen LogP) is 3.90. The van der Waals surface area contributed by atoms with Gasteiger partial charge in [0.1, 0.15) is 11.5 Å². The Morgan fingerprint density at radius 3 is 2.69 bits per heavy atom. The van der Waals surface area contributed by atoms with Gasteiger partial charge in [-0.15, -0.1) is 0 Å². The monoisotopic (exact) mass is 412 g/mol. The lowest BCUT2D eigenvalue weighted by atomic mass is 9.99. The van der Waals surface area contributed by atoms with E-state index < -0.39 is 10.0 Å². The topological polar surface area (TPSA) is 104 Å². The number of benzene rings is 1. The van der Waals surface area contributed by atoms with Crippen molar-refractivity contribution in [2.24, 2.45) is 5.92 Å². The molecular weight excluding hydrogens is 388 g/mol. The Balaban J connectivity index is 1.75. The number of carbonyl (C=O) groups excluding carboxylic acids is 1. The number of H-pyrrole nitrogens is 1. The molecule has 2 aromatic heterocycles. The van der Waals surface area contributed by atoms with Crippen LogP contribution >= 0.6 is 0 Å². The van der Waals surface area contributed by atoms with Crippen molar-refractivity contribution in [2.45, 2.75) is 33.1 Å². The van der Waals surface area contributed by atoms with Crippen LogP contribution in [0.25, 0.3) is 22.2 Å². The molecule has 0 aliphatic heterocycles. The number of anilines is 2. The highest BCUT2D eigenvalue weighted by Gasteiger charge is 2.30. The molecule has 1 aliphatic carbocycles. The number of carbonyl (C=O) groups is 1. The third-order valence-electron chi connectivity index (χ3n) is 5.17. The summed E-state index contributed by atoms with van der Waals surface area (Å²) in [6.45, 7) is 3.60. The van der Waals surface area contributed by atoms with Crippen LogP contribution in [0.1, 0.15) is 32.3 Å². The van der Waals surface area contributed by atoms with E-state index in [0.717, 1.165) is 34.9 Å². The molecule has 1 fully saturated rings. The molecular formula is C21H24N4O3S. The normalized spacial score (nSPS) is 14.1. The lowest BCUT2D eigenvalue weighted by molar-refractivity contribution is -0.117. The molecule has 0 radical (unpaired) electrons. The van der Waals surface area contributed by atoms with E-state index in [9.17, 15) is 13.2 Å². The summed E-state index contributed by atoms with van der Waals surface area (Å²) in [4.78, 5) is 19.8. The van der Waals surface area contributed by atoms with E-state index in [1.54, 1.807) is 13.0 Å². The third kappa shape index (κ3) is 4.12. The smallest absolute Gasteiger partial charge is 0.232 e. The molecule has 1 aromatic carbocycles. The summed E-state index contributed by atoms with van der Waals surface area (Å²) in [5, 5.41) is 3.86. The fourth-order valence-corrected chi connectivity index (χ4v) is 3.99. The Morgan fingerprint density at radius 2 is 2.00 bits per heavy atom. The largest absolute Gasteiger partial charge is 0.346 e. The van der Waals surface area contributed by atoms with Crippen LogP contribution in [0.15, 0.2) is 36.5 Å². The van der Waals surface area contributed by atoms with E-state index in [1.807, 2.05) is 37.4 Å². The zero-order valence-corrected chi connectivity index (χ0v) is 17.3. The first-order valence-corrected chi connectivity index (χ1v) is 11.5. The summed E-state index contributed by atoms with van der Waals surface area (Å²) in [6, 6.07) is 9.50. The number of aromatic amines is 1. The minimum atomic E-state index is -3.34. The minimum absolute atomic E-state index is 0.00734. The van der Waals surface area contributed by atoms with Crippen molar-refractivity contribution < 1.29 is 13.2 Å². The minimum Gasteiger partial charge on any atom is -0.346 e. The first-order chi connectivity index (χ1) is 13.9. The Hall–Kier alpha value is -2.87. The summed E-state index contributed by atoms with van der Waals surface area (Å²) in [5.41, 5.74) is 4.07. The lowest BCUT2D eigenvalue weighted by Crippen LogP contribution is -2.15. The van der Waals surface area contributed by atoms with E-state index in [1.165, 1.54) is 0 Å². The highest BCUT2D eigenvalue weighted by atomic mass is 32.2. The highest BCUT2D eigenvalue weighted by Crippen LogP contribution is 2.34. The average molecular weight is 413 g/mol. The van der Waals surface area contributed by atoms with Crippen LogP contribution in [0.4, 0.5) is 11.5 Å². The van der Waals surface area contributed by atoms with Gasteiger partial charge in [0.15, 0.2) is 0 Å². The molecule has 8 heteroatoms. The second-order valence-corrected chi connectivity index (χ2v) is 9.30. The van der Waals surface area contributed by atoms with Crippen LogP contribution < -0.4 is 10.0 Å². The van der Waals surface area contributed by atoms with Crippen molar-refractivity contribution in [1.29, 1.82) is 0 Å². The number of nitrogens with one attached hydrogen (secondary N) is 3. The Bertz CT molecular complexity index is 1180. The van der Waals surface area contributed by atoms with E-state index in [0.29, 0.717) is 23.6 Å². The SMILES string of the molecule is CCc1cc(-c2cc(NC(=O)C3CC3)nc3[nH]ccc23)ccc1NS(=O)(=O)CC. The second-order valence-electron chi connectivity index (χ2n) is 7.29. The van der Waals surface area contributed by atoms with Crippen molar-refractivity contribution in [3.63, 3.8) is 0 Å². The first kappa shape index (κ1) is 19.4. The van der Waals surface area contributed by atoms with Crippen LogP contribution in [0.5, 0.6) is 0 Å². The predicted molar refractivity (Wildman–Crippen MR) is 115 cm³/mol. The molecule has 0 bridgehead atoms. The van der Waals surface area contributed by atoms with Crippen LogP contribution in [0.3, 0.4) is 0 Å². The molecule has 29 heavy (non-hydrogen) atoms. The fraction of sp³-hybridized carbons (Fsp3) is 0.333. The zero-order valence-electron chi connectivity index (χ0n) is 16.5. The summed E-state index contributed by atoms with van der Waals surface area (Å²) in [7, 11) is -3.34. The number of hydrogen-bond donors (Lipinski definition) is 3. The van der Waals surface area contributed by atoms with Gasteiger partial charge in [0.05, 0.1) is 11.4 Å². The average Bonchev–Trinajstić information content (AvgIpc) is 3.46.